The summed E-state index contributed by atoms with van der Waals surface area (Å²) in [6.07, 6.45) is 10.5. The van der Waals surface area contributed by atoms with Crippen LogP contribution >= 0.6 is 0 Å². The highest BCUT2D eigenvalue weighted by atomic mass is 32.2. The second kappa shape index (κ2) is 10.6. The number of carbonyl (C=O) groups is 1. The average Bonchev–Trinajstić information content (AvgIpc) is 2.87. The van der Waals surface area contributed by atoms with Crippen molar-refractivity contribution >= 4 is 27.5 Å². The number of nitrogens with two attached hydrogens (primary N) is 1. The number of piperidine rings is 1. The van der Waals surface area contributed by atoms with Gasteiger partial charge in [-0.3, -0.25) is 4.79 Å². The Labute approximate surface area is 213 Å². The van der Waals surface area contributed by atoms with Gasteiger partial charge in [-0.2, -0.15) is 0 Å². The number of benzene rings is 1. The lowest BCUT2D eigenvalue weighted by Crippen LogP contribution is -2.38. The van der Waals surface area contributed by atoms with Crippen LogP contribution in [0.15, 0.2) is 40.9 Å². The summed E-state index contributed by atoms with van der Waals surface area (Å²) < 4.78 is 33.6. The lowest BCUT2D eigenvalue weighted by atomic mass is 9.85. The molecule has 36 heavy (non-hydrogen) atoms. The van der Waals surface area contributed by atoms with Gasteiger partial charge in [0.05, 0.1) is 17.9 Å². The van der Waals surface area contributed by atoms with Crippen LogP contribution in [0.5, 0.6) is 5.75 Å². The largest absolute Gasteiger partial charge is 0.492 e. The van der Waals surface area contributed by atoms with E-state index in [1.807, 2.05) is 18.2 Å². The fourth-order valence-electron chi connectivity index (χ4n) is 5.66. The van der Waals surface area contributed by atoms with E-state index in [0.29, 0.717) is 41.4 Å². The molecule has 1 saturated carbocycles. The van der Waals surface area contributed by atoms with Gasteiger partial charge < -0.3 is 15.4 Å². The minimum absolute atomic E-state index is 0.0144. The summed E-state index contributed by atoms with van der Waals surface area (Å²) in [7, 11) is -3.58. The Morgan fingerprint density at radius 1 is 1.06 bits per heavy atom. The highest BCUT2D eigenvalue weighted by Gasteiger charge is 2.27. The van der Waals surface area contributed by atoms with E-state index < -0.39 is 10.0 Å². The molecule has 5 rings (SSSR count). The zero-order valence-corrected chi connectivity index (χ0v) is 21.4. The van der Waals surface area contributed by atoms with Crippen LogP contribution in [0, 0.1) is 11.8 Å². The molecule has 1 aliphatic carbocycles. The van der Waals surface area contributed by atoms with Gasteiger partial charge in [0, 0.05) is 37.2 Å². The van der Waals surface area contributed by atoms with E-state index >= 15 is 0 Å². The van der Waals surface area contributed by atoms with Crippen LogP contribution in [0.4, 0.5) is 5.82 Å². The Hall–Kier alpha value is -2.94. The van der Waals surface area contributed by atoms with E-state index in [-0.39, 0.29) is 23.3 Å². The third-order valence-corrected chi connectivity index (χ3v) is 8.68. The first-order valence-corrected chi connectivity index (χ1v) is 14.6. The molecule has 3 heterocycles. The predicted octanol–water partition coefficient (Wildman–Crippen LogP) is 4.08. The molecule has 9 heteroatoms. The number of hydrogen-bond donors (Lipinski definition) is 1. The Balaban J connectivity index is 1.19. The SMILES string of the molecule is NC1=NS(=O)(=O)Cc2cccc(OC[C@H]3CCCN(c4ccc(C(=O)CC5CCCCC5)cn4)C3)c21. The molecule has 1 atom stereocenters. The van der Waals surface area contributed by atoms with Crippen molar-refractivity contribution in [3.63, 3.8) is 0 Å². The maximum absolute atomic E-state index is 12.7. The lowest BCUT2D eigenvalue weighted by Gasteiger charge is -2.33. The van der Waals surface area contributed by atoms with E-state index in [0.717, 1.165) is 31.7 Å². The van der Waals surface area contributed by atoms with Gasteiger partial charge in [0.2, 0.25) is 0 Å². The molecule has 0 radical (unpaired) electrons. The zero-order valence-electron chi connectivity index (χ0n) is 20.6. The lowest BCUT2D eigenvalue weighted by molar-refractivity contribution is 0.0950. The molecule has 2 aromatic rings. The summed E-state index contributed by atoms with van der Waals surface area (Å²) in [4.78, 5) is 19.6. The Bertz CT molecular complexity index is 1240. The van der Waals surface area contributed by atoms with Crippen LogP contribution in [0.2, 0.25) is 0 Å². The third kappa shape index (κ3) is 5.72. The van der Waals surface area contributed by atoms with Crippen molar-refractivity contribution in [2.45, 2.75) is 57.1 Å². The normalized spacial score (nSPS) is 21.9. The maximum Gasteiger partial charge on any atom is 0.259 e. The molecule has 3 aliphatic rings. The molecule has 192 valence electrons. The zero-order chi connectivity index (χ0) is 25.1. The molecule has 1 saturated heterocycles. The van der Waals surface area contributed by atoms with Crippen LogP contribution in [0.25, 0.3) is 0 Å². The quantitative estimate of drug-likeness (QED) is 0.558. The number of anilines is 1. The van der Waals surface area contributed by atoms with Gasteiger partial charge in [0.15, 0.2) is 5.78 Å². The number of fused-ring (bicyclic) bond motifs is 1. The summed E-state index contributed by atoms with van der Waals surface area (Å²) in [5, 5.41) is 0. The van der Waals surface area contributed by atoms with Crippen molar-refractivity contribution in [2.75, 3.05) is 24.6 Å². The van der Waals surface area contributed by atoms with Crippen molar-refractivity contribution < 1.29 is 17.9 Å². The van der Waals surface area contributed by atoms with E-state index in [9.17, 15) is 13.2 Å². The van der Waals surface area contributed by atoms with Gasteiger partial charge in [-0.1, -0.05) is 44.2 Å². The summed E-state index contributed by atoms with van der Waals surface area (Å²) in [6, 6.07) is 9.22. The Kier molecular flexibility index (Phi) is 7.27. The summed E-state index contributed by atoms with van der Waals surface area (Å²) in [6.45, 7) is 2.21. The van der Waals surface area contributed by atoms with Gasteiger partial charge in [-0.25, -0.2) is 13.4 Å². The second-order valence-corrected chi connectivity index (χ2v) is 11.9. The monoisotopic (exact) mass is 510 g/mol. The maximum atomic E-state index is 12.7. The molecule has 2 N–H and O–H groups in total. The fourth-order valence-corrected chi connectivity index (χ4v) is 6.75. The minimum atomic E-state index is -3.58. The number of aromatic nitrogens is 1. The number of hydrogen-bond acceptors (Lipinski definition) is 7. The summed E-state index contributed by atoms with van der Waals surface area (Å²) >= 11 is 0. The first-order chi connectivity index (χ1) is 17.4. The highest BCUT2D eigenvalue weighted by molar-refractivity contribution is 7.89. The number of Topliss-reactive ketones (excluding diaryl/α,β-unsaturated/α-hetero) is 1. The number of ketones is 1. The number of nitrogens with zero attached hydrogens (tertiary/aromatic N) is 3. The molecule has 0 amide bonds. The molecule has 0 spiro atoms. The molecular formula is C27H34N4O4S. The standard InChI is InChI=1S/C27H34N4O4S/c28-27-26-22(18-36(33,34)30-27)9-4-10-24(26)35-17-20-8-5-13-31(16-20)25-12-11-21(15-29-25)23(32)14-19-6-2-1-3-7-19/h4,9-12,15,19-20H,1-3,5-8,13-14,16-18H2,(H2,28,30)/t20-/m0/s1. The van der Waals surface area contributed by atoms with Crippen molar-refractivity contribution in [3.05, 3.63) is 53.2 Å². The van der Waals surface area contributed by atoms with E-state index in [1.165, 1.54) is 32.1 Å². The van der Waals surface area contributed by atoms with Crippen molar-refractivity contribution in [1.29, 1.82) is 0 Å². The molecule has 1 aromatic heterocycles. The molecular weight excluding hydrogens is 476 g/mol. The Morgan fingerprint density at radius 3 is 2.64 bits per heavy atom. The van der Waals surface area contributed by atoms with E-state index in [2.05, 4.69) is 14.3 Å². The number of amidine groups is 1. The van der Waals surface area contributed by atoms with Gasteiger partial charge in [0.1, 0.15) is 17.4 Å². The predicted molar refractivity (Wildman–Crippen MR) is 140 cm³/mol. The molecule has 2 aliphatic heterocycles. The van der Waals surface area contributed by atoms with Gasteiger partial charge in [0.25, 0.3) is 10.0 Å². The van der Waals surface area contributed by atoms with Crippen LogP contribution < -0.4 is 15.4 Å². The van der Waals surface area contributed by atoms with Crippen molar-refractivity contribution in [3.8, 4) is 5.75 Å². The van der Waals surface area contributed by atoms with Crippen molar-refractivity contribution in [2.24, 2.45) is 22.0 Å². The van der Waals surface area contributed by atoms with Crippen LogP contribution in [-0.4, -0.2) is 44.7 Å². The summed E-state index contributed by atoms with van der Waals surface area (Å²) in [5.41, 5.74) is 7.87. The first-order valence-electron chi connectivity index (χ1n) is 13.0. The molecule has 1 aromatic carbocycles. The first kappa shape index (κ1) is 24.7. The van der Waals surface area contributed by atoms with E-state index in [4.69, 9.17) is 10.5 Å². The topological polar surface area (TPSA) is 115 Å². The smallest absolute Gasteiger partial charge is 0.259 e. The second-order valence-electron chi connectivity index (χ2n) is 10.3. The van der Waals surface area contributed by atoms with Crippen LogP contribution in [-0.2, 0) is 15.8 Å². The third-order valence-electron chi connectivity index (χ3n) is 7.53. The van der Waals surface area contributed by atoms with E-state index in [1.54, 1.807) is 18.3 Å². The van der Waals surface area contributed by atoms with Gasteiger partial charge >= 0.3 is 0 Å². The Morgan fingerprint density at radius 2 is 1.86 bits per heavy atom. The number of pyridine rings is 1. The average molecular weight is 511 g/mol. The minimum Gasteiger partial charge on any atom is -0.492 e. The van der Waals surface area contributed by atoms with Crippen molar-refractivity contribution in [1.82, 2.24) is 4.98 Å². The molecule has 0 bridgehead atoms. The highest BCUT2D eigenvalue weighted by Crippen LogP contribution is 2.30. The molecule has 2 fully saturated rings. The van der Waals surface area contributed by atoms with Crippen LogP contribution in [0.3, 0.4) is 0 Å². The molecule has 0 unspecified atom stereocenters. The number of rotatable bonds is 7. The summed E-state index contributed by atoms with van der Waals surface area (Å²) in [5.74, 6) is 2.28. The van der Waals surface area contributed by atoms with Gasteiger partial charge in [-0.15, -0.1) is 4.40 Å². The number of sulfonamides is 1. The van der Waals surface area contributed by atoms with Crippen LogP contribution in [0.1, 0.15) is 72.9 Å². The van der Waals surface area contributed by atoms with Gasteiger partial charge in [-0.05, 0) is 42.5 Å². The number of ether oxygens (including phenoxy) is 1. The number of carbonyl (C=O) groups excluding carboxylic acids is 1. The fraction of sp³-hybridized carbons (Fsp3) is 0.519. The molecule has 8 nitrogen and oxygen atoms in total.